The molecule has 18 heavy (non-hydrogen) atoms. The van der Waals surface area contributed by atoms with Gasteiger partial charge in [0.1, 0.15) is 11.5 Å². The number of carbonyl (C=O) groups excluding carboxylic acids is 2. The standard InChI is InChI=1S/C12H12N4O2/c1-7-14-6-10(15-7)12(18)16-9-5-3-2-4-8(9)11(13)17/h2-6H,1H3,(H2,13,17)(H,14,15)(H,16,18). The predicted octanol–water partition coefficient (Wildman–Crippen LogP) is 1.07. The number of anilines is 1. The number of hydrogen-bond acceptors (Lipinski definition) is 3. The summed E-state index contributed by atoms with van der Waals surface area (Å²) in [4.78, 5) is 29.8. The molecule has 0 radical (unpaired) electrons. The van der Waals surface area contributed by atoms with Gasteiger partial charge in [-0.25, -0.2) is 4.98 Å². The molecule has 0 saturated carbocycles. The number of benzene rings is 1. The number of imidazole rings is 1. The molecular weight excluding hydrogens is 232 g/mol. The zero-order valence-corrected chi connectivity index (χ0v) is 9.73. The lowest BCUT2D eigenvalue weighted by Gasteiger charge is -2.07. The maximum atomic E-state index is 11.9. The Hall–Kier alpha value is -2.63. The van der Waals surface area contributed by atoms with E-state index >= 15 is 0 Å². The van der Waals surface area contributed by atoms with Gasteiger partial charge in [-0.15, -0.1) is 0 Å². The SMILES string of the molecule is Cc1ncc(C(=O)Nc2ccccc2C(N)=O)[nH]1. The van der Waals surface area contributed by atoms with Crippen LogP contribution in [0.2, 0.25) is 0 Å². The summed E-state index contributed by atoms with van der Waals surface area (Å²) in [5.41, 5.74) is 6.19. The van der Waals surface area contributed by atoms with Crippen molar-refractivity contribution in [3.63, 3.8) is 0 Å². The fourth-order valence-electron chi connectivity index (χ4n) is 1.53. The Bertz CT molecular complexity index is 604. The van der Waals surface area contributed by atoms with Crippen molar-refractivity contribution in [2.75, 3.05) is 5.32 Å². The molecule has 0 aliphatic carbocycles. The molecule has 0 atom stereocenters. The van der Waals surface area contributed by atoms with Crippen LogP contribution in [0.5, 0.6) is 0 Å². The molecule has 6 nitrogen and oxygen atoms in total. The summed E-state index contributed by atoms with van der Waals surface area (Å²) in [6.45, 7) is 1.74. The highest BCUT2D eigenvalue weighted by molar-refractivity contribution is 6.07. The Morgan fingerprint density at radius 1 is 1.33 bits per heavy atom. The Labute approximate surface area is 103 Å². The number of aromatic amines is 1. The van der Waals surface area contributed by atoms with Crippen LogP contribution in [0.1, 0.15) is 26.7 Å². The van der Waals surface area contributed by atoms with Crippen LogP contribution in [0.15, 0.2) is 30.5 Å². The number of carbonyl (C=O) groups is 2. The summed E-state index contributed by atoms with van der Waals surface area (Å²) in [5, 5.41) is 2.61. The molecular formula is C12H12N4O2. The van der Waals surface area contributed by atoms with Crippen molar-refractivity contribution >= 4 is 17.5 Å². The van der Waals surface area contributed by atoms with Gasteiger partial charge in [0.05, 0.1) is 17.4 Å². The van der Waals surface area contributed by atoms with Gasteiger partial charge in [-0.2, -0.15) is 0 Å². The summed E-state index contributed by atoms with van der Waals surface area (Å²) in [7, 11) is 0. The Kier molecular flexibility index (Phi) is 3.09. The molecule has 1 heterocycles. The minimum Gasteiger partial charge on any atom is -0.366 e. The molecule has 0 saturated heterocycles. The van der Waals surface area contributed by atoms with E-state index in [1.165, 1.54) is 6.20 Å². The Morgan fingerprint density at radius 3 is 2.67 bits per heavy atom. The molecule has 0 aliphatic rings. The van der Waals surface area contributed by atoms with Crippen LogP contribution in [-0.4, -0.2) is 21.8 Å². The average Bonchev–Trinajstić information content (AvgIpc) is 2.76. The minimum absolute atomic E-state index is 0.266. The van der Waals surface area contributed by atoms with Crippen molar-refractivity contribution in [2.45, 2.75) is 6.92 Å². The maximum Gasteiger partial charge on any atom is 0.273 e. The van der Waals surface area contributed by atoms with Gasteiger partial charge in [0.25, 0.3) is 11.8 Å². The van der Waals surface area contributed by atoms with Crippen molar-refractivity contribution in [1.82, 2.24) is 9.97 Å². The van der Waals surface area contributed by atoms with Crippen molar-refractivity contribution in [1.29, 1.82) is 0 Å². The molecule has 2 rings (SSSR count). The normalized spacial score (nSPS) is 10.1. The van der Waals surface area contributed by atoms with Crippen LogP contribution >= 0.6 is 0 Å². The number of hydrogen-bond donors (Lipinski definition) is 3. The zero-order chi connectivity index (χ0) is 13.1. The first-order valence-electron chi connectivity index (χ1n) is 5.29. The number of para-hydroxylation sites is 1. The molecule has 0 fully saturated rings. The molecule has 0 aliphatic heterocycles. The zero-order valence-electron chi connectivity index (χ0n) is 9.73. The lowest BCUT2D eigenvalue weighted by Crippen LogP contribution is -2.18. The second kappa shape index (κ2) is 4.70. The molecule has 0 bridgehead atoms. The van der Waals surface area contributed by atoms with Gasteiger partial charge in [0.15, 0.2) is 0 Å². The van der Waals surface area contributed by atoms with Crippen molar-refractivity contribution in [3.05, 3.63) is 47.5 Å². The Morgan fingerprint density at radius 2 is 2.06 bits per heavy atom. The van der Waals surface area contributed by atoms with E-state index in [0.717, 1.165) is 0 Å². The van der Waals surface area contributed by atoms with E-state index in [2.05, 4.69) is 15.3 Å². The topological polar surface area (TPSA) is 101 Å². The van der Waals surface area contributed by atoms with E-state index in [-0.39, 0.29) is 11.5 Å². The molecule has 0 unspecified atom stereocenters. The first-order valence-corrected chi connectivity index (χ1v) is 5.29. The van der Waals surface area contributed by atoms with Gasteiger partial charge in [-0.3, -0.25) is 9.59 Å². The first-order chi connectivity index (χ1) is 8.58. The summed E-state index contributed by atoms with van der Waals surface area (Å²) in [6.07, 6.45) is 1.43. The smallest absolute Gasteiger partial charge is 0.273 e. The first kappa shape index (κ1) is 11.8. The molecule has 0 spiro atoms. The van der Waals surface area contributed by atoms with Crippen LogP contribution in [0.3, 0.4) is 0 Å². The fraction of sp³-hybridized carbons (Fsp3) is 0.0833. The predicted molar refractivity (Wildman–Crippen MR) is 66.2 cm³/mol. The number of amides is 2. The van der Waals surface area contributed by atoms with E-state index in [1.54, 1.807) is 31.2 Å². The lowest BCUT2D eigenvalue weighted by molar-refractivity contribution is 0.100. The van der Waals surface area contributed by atoms with Crippen molar-refractivity contribution in [2.24, 2.45) is 5.73 Å². The monoisotopic (exact) mass is 244 g/mol. The number of nitrogens with one attached hydrogen (secondary N) is 2. The second-order valence-electron chi connectivity index (χ2n) is 3.75. The summed E-state index contributed by atoms with van der Waals surface area (Å²) >= 11 is 0. The maximum absolute atomic E-state index is 11.9. The summed E-state index contributed by atoms with van der Waals surface area (Å²) in [6, 6.07) is 6.55. The third-order valence-corrected chi connectivity index (χ3v) is 2.39. The number of primary amides is 1. The quantitative estimate of drug-likeness (QED) is 0.752. The van der Waals surface area contributed by atoms with Crippen LogP contribution < -0.4 is 11.1 Å². The van der Waals surface area contributed by atoms with Gasteiger partial charge < -0.3 is 16.0 Å². The van der Waals surface area contributed by atoms with Gasteiger partial charge in [-0.1, -0.05) is 12.1 Å². The second-order valence-corrected chi connectivity index (χ2v) is 3.75. The number of rotatable bonds is 3. The number of aryl methyl sites for hydroxylation is 1. The molecule has 92 valence electrons. The van der Waals surface area contributed by atoms with Crippen molar-refractivity contribution in [3.8, 4) is 0 Å². The molecule has 6 heteroatoms. The number of nitrogens with zero attached hydrogens (tertiary/aromatic N) is 1. The molecule has 4 N–H and O–H groups in total. The largest absolute Gasteiger partial charge is 0.366 e. The molecule has 2 amide bonds. The van der Waals surface area contributed by atoms with E-state index in [9.17, 15) is 9.59 Å². The number of nitrogens with two attached hydrogens (primary N) is 1. The number of aromatic nitrogens is 2. The number of H-pyrrole nitrogens is 1. The highest BCUT2D eigenvalue weighted by Gasteiger charge is 2.12. The van der Waals surface area contributed by atoms with Crippen LogP contribution in [0.25, 0.3) is 0 Å². The van der Waals surface area contributed by atoms with Gasteiger partial charge in [0, 0.05) is 0 Å². The van der Waals surface area contributed by atoms with E-state index in [0.29, 0.717) is 17.2 Å². The molecule has 1 aromatic carbocycles. The highest BCUT2D eigenvalue weighted by atomic mass is 16.2. The fourth-order valence-corrected chi connectivity index (χ4v) is 1.53. The average molecular weight is 244 g/mol. The third kappa shape index (κ3) is 2.37. The van der Waals surface area contributed by atoms with E-state index < -0.39 is 5.91 Å². The van der Waals surface area contributed by atoms with Crippen molar-refractivity contribution < 1.29 is 9.59 Å². The van der Waals surface area contributed by atoms with Crippen LogP contribution in [-0.2, 0) is 0 Å². The van der Waals surface area contributed by atoms with E-state index in [1.807, 2.05) is 0 Å². The van der Waals surface area contributed by atoms with E-state index in [4.69, 9.17) is 5.73 Å². The van der Waals surface area contributed by atoms with Crippen LogP contribution in [0, 0.1) is 6.92 Å². The minimum atomic E-state index is -0.591. The molecule has 1 aromatic heterocycles. The van der Waals surface area contributed by atoms with Gasteiger partial charge >= 0.3 is 0 Å². The lowest BCUT2D eigenvalue weighted by atomic mass is 10.1. The molecule has 2 aromatic rings. The van der Waals surface area contributed by atoms with Gasteiger partial charge in [-0.05, 0) is 19.1 Å². The third-order valence-electron chi connectivity index (χ3n) is 2.39. The highest BCUT2D eigenvalue weighted by Crippen LogP contribution is 2.15. The summed E-state index contributed by atoms with van der Waals surface area (Å²) < 4.78 is 0. The summed E-state index contributed by atoms with van der Waals surface area (Å²) in [5.74, 6) is -0.320. The Balaban J connectivity index is 2.24. The van der Waals surface area contributed by atoms with Crippen LogP contribution in [0.4, 0.5) is 5.69 Å². The van der Waals surface area contributed by atoms with Gasteiger partial charge in [0.2, 0.25) is 0 Å².